The maximum atomic E-state index is 14.9. The van der Waals surface area contributed by atoms with Crippen LogP contribution in [0.3, 0.4) is 0 Å². The molecule has 10 nitrogen and oxygen atoms in total. The number of carboxylic acids is 1. The lowest BCUT2D eigenvalue weighted by atomic mass is 9.85. The molecule has 0 radical (unpaired) electrons. The molecule has 178 valence electrons. The minimum absolute atomic E-state index is 0.0308. The van der Waals surface area contributed by atoms with Gasteiger partial charge in [-0.2, -0.15) is 0 Å². The molecule has 5 rings (SSSR count). The summed E-state index contributed by atoms with van der Waals surface area (Å²) in [6, 6.07) is 6.71. The molecule has 0 amide bonds. The number of hydrogen-bond donors (Lipinski definition) is 2. The van der Waals surface area contributed by atoms with Crippen molar-refractivity contribution >= 4 is 5.97 Å². The van der Waals surface area contributed by atoms with Gasteiger partial charge in [0.2, 0.25) is 0 Å². The number of aromatic nitrogens is 7. The Morgan fingerprint density at radius 2 is 1.80 bits per heavy atom. The predicted molar refractivity (Wildman–Crippen MR) is 122 cm³/mol. The first-order valence-corrected chi connectivity index (χ1v) is 11.2. The van der Waals surface area contributed by atoms with Crippen LogP contribution in [0.15, 0.2) is 49.2 Å². The van der Waals surface area contributed by atoms with E-state index < -0.39 is 11.8 Å². The first-order chi connectivity index (χ1) is 17.0. The second kappa shape index (κ2) is 9.92. The highest BCUT2D eigenvalue weighted by Gasteiger charge is 2.24. The fourth-order valence-corrected chi connectivity index (χ4v) is 4.19. The van der Waals surface area contributed by atoms with Gasteiger partial charge in [-0.1, -0.05) is 6.07 Å². The van der Waals surface area contributed by atoms with Crippen molar-refractivity contribution in [3.8, 4) is 40.0 Å². The molecule has 1 fully saturated rings. The zero-order valence-electron chi connectivity index (χ0n) is 18.6. The summed E-state index contributed by atoms with van der Waals surface area (Å²) in [5, 5.41) is 17.0. The Morgan fingerprint density at radius 3 is 2.49 bits per heavy atom. The molecule has 2 N–H and O–H groups in total. The van der Waals surface area contributed by atoms with Gasteiger partial charge in [-0.15, -0.1) is 10.2 Å². The summed E-state index contributed by atoms with van der Waals surface area (Å²) in [7, 11) is 0. The van der Waals surface area contributed by atoms with Crippen molar-refractivity contribution in [3.63, 3.8) is 0 Å². The Bertz CT molecular complexity index is 1310. The van der Waals surface area contributed by atoms with Gasteiger partial charge in [0.15, 0.2) is 11.6 Å². The Morgan fingerprint density at radius 1 is 1.03 bits per heavy atom. The molecule has 0 bridgehead atoms. The zero-order chi connectivity index (χ0) is 24.2. The molecule has 4 aromatic rings. The summed E-state index contributed by atoms with van der Waals surface area (Å²) in [5.41, 5.74) is 2.10. The molecule has 0 aliphatic heterocycles. The molecule has 3 heterocycles. The summed E-state index contributed by atoms with van der Waals surface area (Å²) >= 11 is 0. The number of rotatable bonds is 7. The normalized spacial score (nSPS) is 17.7. The fourth-order valence-electron chi connectivity index (χ4n) is 4.19. The molecule has 0 atom stereocenters. The first kappa shape index (κ1) is 22.5. The largest absolute Gasteiger partial charge is 0.481 e. The third-order valence-corrected chi connectivity index (χ3v) is 6.03. The summed E-state index contributed by atoms with van der Waals surface area (Å²) in [5.74, 6) is -0.313. The smallest absolute Gasteiger partial charge is 0.316 e. The number of ether oxygens (including phenoxy) is 1. The third kappa shape index (κ3) is 5.29. The van der Waals surface area contributed by atoms with Crippen molar-refractivity contribution in [2.24, 2.45) is 5.92 Å². The second-order valence-electron chi connectivity index (χ2n) is 8.42. The van der Waals surface area contributed by atoms with Crippen molar-refractivity contribution in [1.29, 1.82) is 0 Å². The molecular formula is C24H22FN7O3. The van der Waals surface area contributed by atoms with Crippen LogP contribution in [0.5, 0.6) is 6.01 Å². The van der Waals surface area contributed by atoms with E-state index >= 15 is 0 Å². The van der Waals surface area contributed by atoms with E-state index in [-0.39, 0.29) is 30.0 Å². The average Bonchev–Trinajstić information content (AvgIpc) is 3.36. The van der Waals surface area contributed by atoms with Gasteiger partial charge in [0.1, 0.15) is 23.9 Å². The maximum Gasteiger partial charge on any atom is 0.316 e. The number of aromatic amines is 1. The molecular weight excluding hydrogens is 453 g/mol. The highest BCUT2D eigenvalue weighted by Crippen LogP contribution is 2.30. The standard InChI is InChI=1S/C24H22FN7O3/c25-19-10-15(3-6-18(19)22-30-23(32-31-22)20-7-8-26-13-29-20)16-11-27-24(28-12-16)35-17-4-1-14(2-5-17)9-21(33)34/h3,6-8,10-14,17H,1-2,4-5,9H2,(H,33,34)(H,30,31,32)/t14-,17+. The number of nitrogens with zero attached hydrogens (tertiary/aromatic N) is 6. The monoisotopic (exact) mass is 475 g/mol. The van der Waals surface area contributed by atoms with Crippen LogP contribution in [0, 0.1) is 11.7 Å². The Balaban J connectivity index is 1.24. The van der Waals surface area contributed by atoms with Gasteiger partial charge in [-0.3, -0.25) is 4.79 Å². The van der Waals surface area contributed by atoms with Crippen LogP contribution in [0.2, 0.25) is 0 Å². The Kier molecular flexibility index (Phi) is 6.38. The van der Waals surface area contributed by atoms with Crippen molar-refractivity contribution in [2.75, 3.05) is 0 Å². The van der Waals surface area contributed by atoms with Gasteiger partial charge < -0.3 is 14.8 Å². The van der Waals surface area contributed by atoms with Crippen LogP contribution in [-0.2, 0) is 4.79 Å². The van der Waals surface area contributed by atoms with E-state index in [1.54, 1.807) is 36.8 Å². The van der Waals surface area contributed by atoms with Crippen LogP contribution in [0.4, 0.5) is 4.39 Å². The van der Waals surface area contributed by atoms with Gasteiger partial charge in [0, 0.05) is 30.6 Å². The predicted octanol–water partition coefficient (Wildman–Crippen LogP) is 3.94. The molecule has 1 aromatic carbocycles. The van der Waals surface area contributed by atoms with E-state index in [0.717, 1.165) is 25.7 Å². The lowest BCUT2D eigenvalue weighted by molar-refractivity contribution is -0.138. The van der Waals surface area contributed by atoms with Crippen LogP contribution in [0.1, 0.15) is 32.1 Å². The summed E-state index contributed by atoms with van der Waals surface area (Å²) in [4.78, 5) is 30.4. The number of nitrogens with one attached hydrogen (secondary N) is 1. The molecule has 0 saturated heterocycles. The summed E-state index contributed by atoms with van der Waals surface area (Å²) < 4.78 is 20.8. The van der Waals surface area contributed by atoms with Crippen molar-refractivity contribution in [1.82, 2.24) is 35.1 Å². The van der Waals surface area contributed by atoms with Crippen LogP contribution < -0.4 is 4.74 Å². The molecule has 0 unspecified atom stereocenters. The molecule has 1 aliphatic rings. The van der Waals surface area contributed by atoms with E-state index in [0.29, 0.717) is 28.5 Å². The molecule has 1 saturated carbocycles. The highest BCUT2D eigenvalue weighted by atomic mass is 19.1. The van der Waals surface area contributed by atoms with Crippen molar-refractivity contribution in [2.45, 2.75) is 38.2 Å². The van der Waals surface area contributed by atoms with Crippen LogP contribution in [0.25, 0.3) is 34.0 Å². The van der Waals surface area contributed by atoms with E-state index in [4.69, 9.17) is 9.84 Å². The number of aliphatic carboxylic acids is 1. The van der Waals surface area contributed by atoms with E-state index in [2.05, 4.69) is 35.1 Å². The molecule has 11 heteroatoms. The van der Waals surface area contributed by atoms with Crippen molar-refractivity contribution < 1.29 is 19.0 Å². The number of halogens is 1. The Hall–Kier alpha value is -4.28. The quantitative estimate of drug-likeness (QED) is 0.407. The number of carboxylic acid groups (broad SMARTS) is 1. The summed E-state index contributed by atoms with van der Waals surface area (Å²) in [6.45, 7) is 0. The molecule has 1 aliphatic carbocycles. The second-order valence-corrected chi connectivity index (χ2v) is 8.42. The highest BCUT2D eigenvalue weighted by molar-refractivity contribution is 5.68. The number of benzene rings is 1. The van der Waals surface area contributed by atoms with Gasteiger partial charge in [0.25, 0.3) is 0 Å². The maximum absolute atomic E-state index is 14.9. The van der Waals surface area contributed by atoms with Crippen LogP contribution in [-0.4, -0.2) is 52.3 Å². The Labute approximate surface area is 199 Å². The molecule has 0 spiro atoms. The van der Waals surface area contributed by atoms with Gasteiger partial charge >= 0.3 is 12.0 Å². The lowest BCUT2D eigenvalue weighted by Gasteiger charge is -2.27. The number of carbonyl (C=O) groups is 1. The van der Waals surface area contributed by atoms with Crippen molar-refractivity contribution in [3.05, 3.63) is 55.0 Å². The van der Waals surface area contributed by atoms with Gasteiger partial charge in [-0.05, 0) is 55.4 Å². The SMILES string of the molecule is O=C(O)C[C@H]1CC[C@@H](Oc2ncc(-c3ccc(-c4nnc(-c5ccncn5)[nH]4)c(F)c3)cn2)CC1. The third-order valence-electron chi connectivity index (χ3n) is 6.03. The minimum Gasteiger partial charge on any atom is -0.481 e. The fraction of sp³-hybridized carbons (Fsp3) is 0.292. The van der Waals surface area contributed by atoms with Crippen LogP contribution >= 0.6 is 0 Å². The number of hydrogen-bond acceptors (Lipinski definition) is 8. The summed E-state index contributed by atoms with van der Waals surface area (Å²) in [6.07, 6.45) is 9.52. The lowest BCUT2D eigenvalue weighted by Crippen LogP contribution is -2.25. The zero-order valence-corrected chi connectivity index (χ0v) is 18.6. The first-order valence-electron chi connectivity index (χ1n) is 11.2. The van der Waals surface area contributed by atoms with Gasteiger partial charge in [0.05, 0.1) is 5.56 Å². The minimum atomic E-state index is -0.759. The topological polar surface area (TPSA) is 140 Å². The number of H-pyrrole nitrogens is 1. The van der Waals surface area contributed by atoms with E-state index in [9.17, 15) is 9.18 Å². The molecule has 3 aromatic heterocycles. The van der Waals surface area contributed by atoms with Gasteiger partial charge in [-0.25, -0.2) is 24.3 Å². The molecule has 35 heavy (non-hydrogen) atoms. The van der Waals surface area contributed by atoms with E-state index in [1.807, 2.05) is 0 Å². The average molecular weight is 475 g/mol. The van der Waals surface area contributed by atoms with E-state index in [1.165, 1.54) is 12.4 Å².